The Hall–Kier alpha value is -10.2. The van der Waals surface area contributed by atoms with Gasteiger partial charge < -0.3 is 19.8 Å². The summed E-state index contributed by atoms with van der Waals surface area (Å²) in [5.41, 5.74) is 18.3. The lowest BCUT2D eigenvalue weighted by Gasteiger charge is -2.28. The van der Waals surface area contributed by atoms with Crippen LogP contribution in [0.5, 0.6) is 0 Å². The predicted octanol–water partition coefficient (Wildman–Crippen LogP) is 15.9. The minimum Gasteiger partial charge on any atom is -0.344 e. The highest BCUT2D eigenvalue weighted by molar-refractivity contribution is 6.23. The molecule has 2 aliphatic carbocycles. The number of nitrogens with zero attached hydrogens (tertiary/aromatic N) is 6. The Balaban J connectivity index is 1.00. The van der Waals surface area contributed by atoms with Crippen molar-refractivity contribution in [3.63, 3.8) is 0 Å². The monoisotopic (exact) mass is 1030 g/mol. The van der Waals surface area contributed by atoms with Crippen LogP contribution >= 0.6 is 0 Å². The molecule has 2 N–H and O–H groups in total. The van der Waals surface area contributed by atoms with Gasteiger partial charge in [-0.25, -0.2) is 20.0 Å². The number of hydrogen-bond acceptors (Lipinski definition) is 6. The number of rotatable bonds is 10. The molecule has 0 spiro atoms. The Morgan fingerprint density at radius 1 is 0.425 bits per heavy atom. The maximum absolute atomic E-state index is 5.65. The molecule has 382 valence electrons. The topological polar surface area (TPSA) is 83.4 Å². The third-order valence-electron chi connectivity index (χ3n) is 16.0. The number of aryl methyl sites for hydroxylation is 1. The third-order valence-corrected chi connectivity index (χ3v) is 16.0. The average Bonchev–Trinajstić information content (AvgIpc) is 4.25. The Morgan fingerprint density at radius 2 is 1.02 bits per heavy atom. The number of nitrogens with one attached hydrogen (secondary N) is 2. The fourth-order valence-corrected chi connectivity index (χ4v) is 12.3. The summed E-state index contributed by atoms with van der Waals surface area (Å²) in [7, 11) is 0. The number of benzene rings is 9. The first-order chi connectivity index (χ1) is 39.7. The van der Waals surface area contributed by atoms with E-state index >= 15 is 0 Å². The molecule has 0 radical (unpaired) electrons. The first-order valence-corrected chi connectivity index (χ1v) is 27.7. The molecule has 0 amide bonds. The molecule has 0 saturated heterocycles. The van der Waals surface area contributed by atoms with Crippen molar-refractivity contribution in [3.8, 4) is 33.6 Å². The van der Waals surface area contributed by atoms with E-state index < -0.39 is 6.17 Å². The molecule has 8 heteroatoms. The molecular formula is C72H54N8. The smallest absolute Gasteiger partial charge is 0.161 e. The maximum Gasteiger partial charge on any atom is 0.161 e. The molecule has 9 aromatic carbocycles. The van der Waals surface area contributed by atoms with Crippen molar-refractivity contribution in [2.45, 2.75) is 38.0 Å². The highest BCUT2D eigenvalue weighted by atomic mass is 15.2. The van der Waals surface area contributed by atoms with Crippen molar-refractivity contribution < 1.29 is 0 Å². The molecule has 80 heavy (non-hydrogen) atoms. The lowest BCUT2D eigenvalue weighted by molar-refractivity contribution is 0.674. The minimum absolute atomic E-state index is 0.378. The highest BCUT2D eigenvalue weighted by Crippen LogP contribution is 2.44. The number of aromatic nitrogens is 2. The van der Waals surface area contributed by atoms with Crippen molar-refractivity contribution in [2.75, 3.05) is 0 Å². The van der Waals surface area contributed by atoms with Gasteiger partial charge in [0.25, 0.3) is 0 Å². The molecule has 8 nitrogen and oxygen atoms in total. The van der Waals surface area contributed by atoms with E-state index in [-0.39, 0.29) is 6.17 Å². The summed E-state index contributed by atoms with van der Waals surface area (Å²) in [6.07, 6.45) is 14.3. The van der Waals surface area contributed by atoms with Crippen LogP contribution in [-0.4, -0.2) is 38.6 Å². The summed E-state index contributed by atoms with van der Waals surface area (Å²) >= 11 is 0. The van der Waals surface area contributed by atoms with Crippen molar-refractivity contribution in [3.05, 3.63) is 293 Å². The molecular weight excluding hydrogens is 977 g/mol. The molecule has 4 aliphatic rings. The van der Waals surface area contributed by atoms with Crippen LogP contribution in [0.4, 0.5) is 0 Å². The average molecular weight is 1030 g/mol. The van der Waals surface area contributed by atoms with Crippen molar-refractivity contribution in [1.82, 2.24) is 19.8 Å². The zero-order valence-corrected chi connectivity index (χ0v) is 43.9. The molecule has 2 aromatic heterocycles. The first kappa shape index (κ1) is 47.1. The molecule has 2 atom stereocenters. The SMILES string of the molecule is C1=CC(C2N=C(c3cc(C4N=C(c5ccccc5-c5ccccc5)N=C(c5ccccc5-c5ccccc5)N4)ccc3-n3c4c(c5ccc6c(c7ccccc7n6-c6ccccc6)c53)CCC=C4)N=C(c3ccccc3)N2)=CCC1. The molecule has 0 bridgehead atoms. The van der Waals surface area contributed by atoms with Gasteiger partial charge in [-0.05, 0) is 107 Å². The van der Waals surface area contributed by atoms with Gasteiger partial charge in [-0.2, -0.15) is 0 Å². The summed E-state index contributed by atoms with van der Waals surface area (Å²) < 4.78 is 4.93. The maximum atomic E-state index is 5.65. The van der Waals surface area contributed by atoms with E-state index in [1.165, 1.54) is 27.4 Å². The lowest BCUT2D eigenvalue weighted by atomic mass is 9.96. The van der Waals surface area contributed by atoms with Crippen LogP contribution in [0, 0.1) is 0 Å². The van der Waals surface area contributed by atoms with E-state index in [0.717, 1.165) is 121 Å². The number of para-hydroxylation sites is 2. The molecule has 2 aliphatic heterocycles. The van der Waals surface area contributed by atoms with Crippen molar-refractivity contribution in [2.24, 2.45) is 20.0 Å². The molecule has 0 fully saturated rings. The molecule has 2 unspecified atom stereocenters. The van der Waals surface area contributed by atoms with Crippen LogP contribution in [0.3, 0.4) is 0 Å². The fourth-order valence-electron chi connectivity index (χ4n) is 12.3. The summed E-state index contributed by atoms with van der Waals surface area (Å²) in [5, 5.41) is 11.3. The van der Waals surface area contributed by atoms with Crippen molar-refractivity contribution >= 4 is 62.1 Å². The Morgan fingerprint density at radius 3 is 1.76 bits per heavy atom. The van der Waals surface area contributed by atoms with Gasteiger partial charge in [-0.1, -0.05) is 212 Å². The molecule has 4 heterocycles. The van der Waals surface area contributed by atoms with Gasteiger partial charge in [-0.15, -0.1) is 0 Å². The van der Waals surface area contributed by atoms with E-state index in [1.807, 2.05) is 0 Å². The highest BCUT2D eigenvalue weighted by Gasteiger charge is 2.31. The molecule has 15 rings (SSSR count). The second-order valence-corrected chi connectivity index (χ2v) is 20.8. The van der Waals surface area contributed by atoms with Crippen LogP contribution in [0.2, 0.25) is 0 Å². The Bertz CT molecular complexity index is 4460. The molecule has 11 aromatic rings. The lowest BCUT2D eigenvalue weighted by Crippen LogP contribution is -2.40. The van der Waals surface area contributed by atoms with Gasteiger partial charge in [0, 0.05) is 49.8 Å². The standard InChI is InChI=1S/C72H54N8/c1-6-24-47(25-7-1)53-34-16-18-37-57(53)70-76-69(77-71(78-70)58-38-19-17-35-54(58)48-26-8-2-9-27-48)51-42-44-63(60(46-51)72-74-67(49-28-10-3-11-29-49)73-68(75-72)50-30-12-4-13-31-50)80-61-40-22-20-36-55(61)56-43-45-64-65(66(56)80)59-39-21-23-41-62(59)79(64)52-32-14-5-15-33-52/h1-3,5-12,14-19,21-35,37-46,68-69H,4,13,20,36H2,(H,73,74,75)(H,76,77,78). The number of aliphatic imine (C=N–C) groups is 4. The van der Waals surface area contributed by atoms with Gasteiger partial charge in [-0.3, -0.25) is 0 Å². The number of amidine groups is 4. The number of fused-ring (bicyclic) bond motifs is 7. The quantitative estimate of drug-likeness (QED) is 0.143. The first-order valence-electron chi connectivity index (χ1n) is 27.7. The summed E-state index contributed by atoms with van der Waals surface area (Å²) in [6, 6.07) is 79.6. The van der Waals surface area contributed by atoms with Crippen LogP contribution in [0.1, 0.15) is 64.5 Å². The van der Waals surface area contributed by atoms with Gasteiger partial charge in [0.1, 0.15) is 24.0 Å². The minimum atomic E-state index is -0.566. The summed E-state index contributed by atoms with van der Waals surface area (Å²) in [6.45, 7) is 0. The largest absolute Gasteiger partial charge is 0.344 e. The van der Waals surface area contributed by atoms with Gasteiger partial charge >= 0.3 is 0 Å². The number of hydrogen-bond donors (Lipinski definition) is 2. The van der Waals surface area contributed by atoms with E-state index in [0.29, 0.717) is 11.7 Å². The van der Waals surface area contributed by atoms with E-state index in [4.69, 9.17) is 20.0 Å². The van der Waals surface area contributed by atoms with E-state index in [1.54, 1.807) is 0 Å². The van der Waals surface area contributed by atoms with Gasteiger partial charge in [0.2, 0.25) is 0 Å². The Kier molecular flexibility index (Phi) is 11.8. The van der Waals surface area contributed by atoms with E-state index in [9.17, 15) is 0 Å². The van der Waals surface area contributed by atoms with E-state index in [2.05, 4.69) is 275 Å². The Labute approximate surface area is 464 Å². The predicted molar refractivity (Wildman–Crippen MR) is 331 cm³/mol. The van der Waals surface area contributed by atoms with Crippen LogP contribution < -0.4 is 10.6 Å². The zero-order valence-electron chi connectivity index (χ0n) is 43.9. The van der Waals surface area contributed by atoms with Crippen LogP contribution in [-0.2, 0) is 6.42 Å². The van der Waals surface area contributed by atoms with Crippen molar-refractivity contribution in [1.29, 1.82) is 0 Å². The van der Waals surface area contributed by atoms with Crippen LogP contribution in [0.15, 0.2) is 274 Å². The van der Waals surface area contributed by atoms with Crippen LogP contribution in [0.25, 0.3) is 72.4 Å². The fraction of sp³-hybridized carbons (Fsp3) is 0.0833. The molecule has 0 saturated carbocycles. The van der Waals surface area contributed by atoms with Gasteiger partial charge in [0.15, 0.2) is 11.7 Å². The third kappa shape index (κ3) is 8.23. The zero-order chi connectivity index (χ0) is 52.9. The number of allylic oxidation sites excluding steroid dienone is 3. The second-order valence-electron chi connectivity index (χ2n) is 20.8. The normalized spacial score (nSPS) is 16.8. The van der Waals surface area contributed by atoms with Gasteiger partial charge in [0.05, 0.1) is 22.2 Å². The summed E-state index contributed by atoms with van der Waals surface area (Å²) in [4.78, 5) is 22.3. The summed E-state index contributed by atoms with van der Waals surface area (Å²) in [5.74, 6) is 2.78. The second kappa shape index (κ2) is 20.0.